The quantitative estimate of drug-likeness (QED) is 0.847. The van der Waals surface area contributed by atoms with E-state index in [0.29, 0.717) is 15.3 Å². The molecule has 1 heterocycles. The van der Waals surface area contributed by atoms with Crippen molar-refractivity contribution in [1.29, 1.82) is 0 Å². The van der Waals surface area contributed by atoms with Crippen LogP contribution < -0.4 is 10.5 Å². The molecule has 0 atom stereocenters. The van der Waals surface area contributed by atoms with E-state index < -0.39 is 10.0 Å². The molecule has 1 aromatic carbocycles. The Hall–Kier alpha value is -1.51. The summed E-state index contributed by atoms with van der Waals surface area (Å²) in [5, 5.41) is 7.99. The summed E-state index contributed by atoms with van der Waals surface area (Å²) in [6.45, 7) is 1.38. The van der Waals surface area contributed by atoms with Gasteiger partial charge >= 0.3 is 0 Å². The number of nitrogens with zero attached hydrogens (tertiary/aromatic N) is 1. The molecule has 0 bridgehead atoms. The van der Waals surface area contributed by atoms with Gasteiger partial charge in [0.05, 0.1) is 15.1 Å². The Bertz CT molecular complexity index is 691. The minimum absolute atomic E-state index is 0.0306. The zero-order valence-electron chi connectivity index (χ0n) is 8.80. The van der Waals surface area contributed by atoms with Crippen molar-refractivity contribution in [2.24, 2.45) is 5.14 Å². The third-order valence-electron chi connectivity index (χ3n) is 1.97. The number of sulfonamides is 1. The van der Waals surface area contributed by atoms with Crippen LogP contribution in [0.3, 0.4) is 0 Å². The van der Waals surface area contributed by atoms with Gasteiger partial charge in [-0.2, -0.15) is 0 Å². The molecule has 17 heavy (non-hydrogen) atoms. The molecule has 0 saturated heterocycles. The smallest absolute Gasteiger partial charge is 0.238 e. The van der Waals surface area contributed by atoms with E-state index in [1.54, 1.807) is 6.07 Å². The van der Waals surface area contributed by atoms with Crippen molar-refractivity contribution < 1.29 is 13.2 Å². The standard InChI is InChI=1S/C9H9N3O3S2/c1-5(13)11-9-12-7-3-2-6(17(10,14)15)4-8(7)16-9/h2-4H,1H3,(H2,10,14,15)(H,11,12,13). The Morgan fingerprint density at radius 2 is 2.18 bits per heavy atom. The maximum Gasteiger partial charge on any atom is 0.238 e. The molecule has 0 aliphatic heterocycles. The minimum atomic E-state index is -3.72. The van der Waals surface area contributed by atoms with Crippen LogP contribution in [0.2, 0.25) is 0 Å². The van der Waals surface area contributed by atoms with Crippen LogP contribution in [0.1, 0.15) is 6.92 Å². The van der Waals surface area contributed by atoms with Gasteiger partial charge < -0.3 is 5.32 Å². The first-order valence-corrected chi connectivity index (χ1v) is 6.93. The summed E-state index contributed by atoms with van der Waals surface area (Å²) in [5.41, 5.74) is 0.617. The van der Waals surface area contributed by atoms with Crippen molar-refractivity contribution in [3.63, 3.8) is 0 Å². The number of benzene rings is 1. The zero-order valence-corrected chi connectivity index (χ0v) is 10.4. The SMILES string of the molecule is CC(=O)Nc1nc2ccc(S(N)(=O)=O)cc2s1. The summed E-state index contributed by atoms with van der Waals surface area (Å²) >= 11 is 1.19. The number of carbonyl (C=O) groups excluding carboxylic acids is 1. The lowest BCUT2D eigenvalue weighted by Crippen LogP contribution is -2.11. The maximum absolute atomic E-state index is 11.2. The van der Waals surface area contributed by atoms with Crippen LogP contribution in [0.25, 0.3) is 10.2 Å². The molecule has 1 aromatic heterocycles. The highest BCUT2D eigenvalue weighted by atomic mass is 32.2. The van der Waals surface area contributed by atoms with Gasteiger partial charge in [-0.1, -0.05) is 11.3 Å². The number of amides is 1. The molecule has 0 fully saturated rings. The van der Waals surface area contributed by atoms with Crippen molar-refractivity contribution in [2.75, 3.05) is 5.32 Å². The fourth-order valence-electron chi connectivity index (χ4n) is 1.29. The molecule has 0 aliphatic carbocycles. The summed E-state index contributed by atoms with van der Waals surface area (Å²) in [6.07, 6.45) is 0. The Morgan fingerprint density at radius 1 is 1.47 bits per heavy atom. The summed E-state index contributed by atoms with van der Waals surface area (Å²) in [7, 11) is -3.72. The first kappa shape index (κ1) is 12.0. The lowest BCUT2D eigenvalue weighted by Gasteiger charge is -1.95. The first-order chi connectivity index (χ1) is 7.86. The van der Waals surface area contributed by atoms with Gasteiger partial charge in [0, 0.05) is 6.92 Å². The predicted octanol–water partition coefficient (Wildman–Crippen LogP) is 0.902. The summed E-state index contributed by atoms with van der Waals surface area (Å²) < 4.78 is 23.0. The van der Waals surface area contributed by atoms with Gasteiger partial charge in [0.2, 0.25) is 15.9 Å². The van der Waals surface area contributed by atoms with E-state index >= 15 is 0 Å². The topological polar surface area (TPSA) is 102 Å². The summed E-state index contributed by atoms with van der Waals surface area (Å²) in [5.74, 6) is -0.226. The normalized spacial score (nSPS) is 11.6. The highest BCUT2D eigenvalue weighted by Gasteiger charge is 2.11. The number of primary sulfonamides is 1. The summed E-state index contributed by atoms with van der Waals surface area (Å²) in [4.78, 5) is 15.0. The van der Waals surface area contributed by atoms with Crippen molar-refractivity contribution >= 4 is 42.6 Å². The Balaban J connectivity index is 2.52. The van der Waals surface area contributed by atoms with Gasteiger partial charge in [0.25, 0.3) is 0 Å². The molecule has 0 radical (unpaired) electrons. The van der Waals surface area contributed by atoms with Crippen molar-refractivity contribution in [3.8, 4) is 0 Å². The molecule has 90 valence electrons. The van der Waals surface area contributed by atoms with E-state index in [9.17, 15) is 13.2 Å². The molecule has 0 spiro atoms. The lowest BCUT2D eigenvalue weighted by atomic mass is 10.3. The van der Waals surface area contributed by atoms with Crippen LogP contribution in [0.15, 0.2) is 23.1 Å². The second-order valence-corrected chi connectivity index (χ2v) is 5.97. The highest BCUT2D eigenvalue weighted by molar-refractivity contribution is 7.89. The average molecular weight is 271 g/mol. The van der Waals surface area contributed by atoms with Crippen LogP contribution in [0.5, 0.6) is 0 Å². The van der Waals surface area contributed by atoms with Gasteiger partial charge in [-0.3, -0.25) is 4.79 Å². The van der Waals surface area contributed by atoms with E-state index in [1.807, 2.05) is 0 Å². The van der Waals surface area contributed by atoms with E-state index in [0.717, 1.165) is 0 Å². The Labute approximate surface area is 102 Å². The van der Waals surface area contributed by atoms with Crippen LogP contribution in [-0.2, 0) is 14.8 Å². The molecule has 3 N–H and O–H groups in total. The fourth-order valence-corrected chi connectivity index (χ4v) is 2.85. The number of nitrogens with one attached hydrogen (secondary N) is 1. The Morgan fingerprint density at radius 3 is 2.76 bits per heavy atom. The second-order valence-electron chi connectivity index (χ2n) is 3.37. The van der Waals surface area contributed by atoms with E-state index in [1.165, 1.54) is 30.4 Å². The van der Waals surface area contributed by atoms with Gasteiger partial charge in [0.1, 0.15) is 0 Å². The molecular formula is C9H9N3O3S2. The van der Waals surface area contributed by atoms with Gasteiger partial charge in [-0.25, -0.2) is 18.5 Å². The molecule has 0 aliphatic rings. The average Bonchev–Trinajstić information content (AvgIpc) is 2.55. The molecule has 2 rings (SSSR count). The number of nitrogens with two attached hydrogens (primary N) is 1. The number of hydrogen-bond donors (Lipinski definition) is 2. The van der Waals surface area contributed by atoms with Gasteiger partial charge in [0.15, 0.2) is 5.13 Å². The largest absolute Gasteiger partial charge is 0.302 e. The van der Waals surface area contributed by atoms with Gasteiger partial charge in [-0.05, 0) is 18.2 Å². The number of rotatable bonds is 2. The number of anilines is 1. The number of thiazole rings is 1. The van der Waals surface area contributed by atoms with Crippen molar-refractivity contribution in [2.45, 2.75) is 11.8 Å². The lowest BCUT2D eigenvalue weighted by molar-refractivity contribution is -0.114. The Kier molecular flexibility index (Phi) is 2.86. The molecule has 8 heteroatoms. The molecule has 2 aromatic rings. The zero-order chi connectivity index (χ0) is 12.6. The summed E-state index contributed by atoms with van der Waals surface area (Å²) in [6, 6.07) is 4.37. The third kappa shape index (κ3) is 2.60. The molecule has 0 saturated carbocycles. The van der Waals surface area contributed by atoms with Crippen LogP contribution in [-0.4, -0.2) is 19.3 Å². The maximum atomic E-state index is 11.2. The minimum Gasteiger partial charge on any atom is -0.302 e. The third-order valence-corrected chi connectivity index (χ3v) is 3.82. The van der Waals surface area contributed by atoms with Crippen molar-refractivity contribution in [3.05, 3.63) is 18.2 Å². The molecular weight excluding hydrogens is 262 g/mol. The van der Waals surface area contributed by atoms with E-state index in [4.69, 9.17) is 5.14 Å². The van der Waals surface area contributed by atoms with Crippen LogP contribution in [0, 0.1) is 0 Å². The van der Waals surface area contributed by atoms with Crippen molar-refractivity contribution in [1.82, 2.24) is 4.98 Å². The van der Waals surface area contributed by atoms with E-state index in [2.05, 4.69) is 10.3 Å². The van der Waals surface area contributed by atoms with Gasteiger partial charge in [-0.15, -0.1) is 0 Å². The number of hydrogen-bond acceptors (Lipinski definition) is 5. The molecule has 0 unspecified atom stereocenters. The number of carbonyl (C=O) groups is 1. The second kappa shape index (κ2) is 4.06. The molecule has 6 nitrogen and oxygen atoms in total. The highest BCUT2D eigenvalue weighted by Crippen LogP contribution is 2.27. The van der Waals surface area contributed by atoms with E-state index in [-0.39, 0.29) is 10.8 Å². The monoisotopic (exact) mass is 271 g/mol. The van der Waals surface area contributed by atoms with Crippen LogP contribution >= 0.6 is 11.3 Å². The number of aromatic nitrogens is 1. The first-order valence-electron chi connectivity index (χ1n) is 4.57. The number of fused-ring (bicyclic) bond motifs is 1. The fraction of sp³-hybridized carbons (Fsp3) is 0.111. The predicted molar refractivity (Wildman–Crippen MR) is 65.3 cm³/mol. The van der Waals surface area contributed by atoms with Crippen LogP contribution in [0.4, 0.5) is 5.13 Å². The molecule has 1 amide bonds.